The number of carbonyl (C=O) groups excluding carboxylic acids is 1. The first kappa shape index (κ1) is 10.6. The second kappa shape index (κ2) is 3.35. The van der Waals surface area contributed by atoms with Crippen LogP contribution in [0.15, 0.2) is 0 Å². The maximum atomic E-state index is 10.5. The van der Waals surface area contributed by atoms with Gasteiger partial charge in [0.1, 0.15) is 6.29 Å². The molecule has 0 aromatic rings. The molecule has 0 amide bonds. The first-order chi connectivity index (χ1) is 4.83. The Labute approximate surface area is 68.6 Å². The van der Waals surface area contributed by atoms with E-state index in [-0.39, 0.29) is 0 Å². The average molecular weight is 158 g/mol. The van der Waals surface area contributed by atoms with Crippen molar-refractivity contribution >= 4 is 6.29 Å². The highest BCUT2D eigenvalue weighted by Gasteiger charge is 2.28. The molecule has 0 heterocycles. The van der Waals surface area contributed by atoms with Crippen LogP contribution in [0.3, 0.4) is 0 Å². The summed E-state index contributed by atoms with van der Waals surface area (Å²) in [7, 11) is 0. The summed E-state index contributed by atoms with van der Waals surface area (Å²) in [5.41, 5.74) is -1.11. The number of hydrogen-bond acceptors (Lipinski definition) is 2. The lowest BCUT2D eigenvalue weighted by Crippen LogP contribution is -2.31. The highest BCUT2D eigenvalue weighted by Crippen LogP contribution is 2.27. The zero-order valence-electron chi connectivity index (χ0n) is 7.85. The fraction of sp³-hybridized carbons (Fsp3) is 0.889. The Morgan fingerprint density at radius 2 is 1.82 bits per heavy atom. The molecule has 66 valence electrons. The first-order valence-electron chi connectivity index (χ1n) is 4.02. The van der Waals surface area contributed by atoms with E-state index in [1.165, 1.54) is 0 Å². The molecule has 0 fully saturated rings. The smallest absolute Gasteiger partial charge is 0.125 e. The molecule has 0 radical (unpaired) electrons. The Kier molecular flexibility index (Phi) is 3.24. The monoisotopic (exact) mass is 158 g/mol. The number of hydrogen-bond donors (Lipinski definition) is 1. The van der Waals surface area contributed by atoms with E-state index in [4.69, 9.17) is 0 Å². The van der Waals surface area contributed by atoms with E-state index in [0.717, 1.165) is 6.29 Å². The quantitative estimate of drug-likeness (QED) is 0.633. The fourth-order valence-corrected chi connectivity index (χ4v) is 1.15. The van der Waals surface area contributed by atoms with Crippen molar-refractivity contribution in [2.45, 2.75) is 46.1 Å². The molecule has 2 nitrogen and oxygen atoms in total. The normalized spacial score (nSPS) is 17.5. The van der Waals surface area contributed by atoms with E-state index in [0.29, 0.717) is 12.8 Å². The Balaban J connectivity index is 4.12. The molecule has 0 rings (SSSR count). The molecule has 1 atom stereocenters. The summed E-state index contributed by atoms with van der Waals surface area (Å²) in [6.45, 7) is 7.35. The molecule has 0 saturated carbocycles. The van der Waals surface area contributed by atoms with E-state index in [1.54, 1.807) is 6.92 Å². The van der Waals surface area contributed by atoms with Crippen LogP contribution in [0.5, 0.6) is 0 Å². The number of aliphatic hydroxyl groups is 1. The lowest BCUT2D eigenvalue weighted by atomic mass is 9.81. The van der Waals surface area contributed by atoms with Crippen LogP contribution in [-0.4, -0.2) is 17.0 Å². The third-order valence-electron chi connectivity index (χ3n) is 1.92. The minimum atomic E-state index is -0.704. The van der Waals surface area contributed by atoms with Gasteiger partial charge in [0.2, 0.25) is 0 Å². The van der Waals surface area contributed by atoms with Gasteiger partial charge in [-0.05, 0) is 19.8 Å². The zero-order chi connectivity index (χ0) is 9.12. The van der Waals surface area contributed by atoms with Crippen molar-refractivity contribution in [1.82, 2.24) is 0 Å². The Morgan fingerprint density at radius 3 is 2.09 bits per heavy atom. The molecule has 0 aliphatic carbocycles. The van der Waals surface area contributed by atoms with E-state index in [1.807, 2.05) is 20.8 Å². The van der Waals surface area contributed by atoms with Crippen LogP contribution in [0.25, 0.3) is 0 Å². The summed E-state index contributed by atoms with van der Waals surface area (Å²) in [5.74, 6) is 0. The van der Waals surface area contributed by atoms with Crippen molar-refractivity contribution in [1.29, 1.82) is 0 Å². The van der Waals surface area contributed by atoms with Gasteiger partial charge >= 0.3 is 0 Å². The van der Waals surface area contributed by atoms with Crippen molar-refractivity contribution in [2.24, 2.45) is 5.41 Å². The molecule has 1 unspecified atom stereocenters. The summed E-state index contributed by atoms with van der Waals surface area (Å²) in [6, 6.07) is 0. The molecule has 0 aromatic carbocycles. The molecule has 0 aliphatic heterocycles. The van der Waals surface area contributed by atoms with Crippen LogP contribution < -0.4 is 0 Å². The number of aldehydes is 1. The molecule has 0 bridgehead atoms. The zero-order valence-corrected chi connectivity index (χ0v) is 7.85. The van der Waals surface area contributed by atoms with Crippen molar-refractivity contribution in [3.8, 4) is 0 Å². The molecular weight excluding hydrogens is 140 g/mol. The molecule has 0 aliphatic rings. The van der Waals surface area contributed by atoms with Gasteiger partial charge in [0, 0.05) is 5.41 Å². The third-order valence-corrected chi connectivity index (χ3v) is 1.92. The summed E-state index contributed by atoms with van der Waals surface area (Å²) in [6.07, 6.45) is 2.11. The number of rotatable bonds is 4. The summed E-state index contributed by atoms with van der Waals surface area (Å²) in [4.78, 5) is 10.5. The Hall–Kier alpha value is -0.370. The van der Waals surface area contributed by atoms with E-state index in [2.05, 4.69) is 0 Å². The van der Waals surface area contributed by atoms with Gasteiger partial charge < -0.3 is 9.90 Å². The fourth-order valence-electron chi connectivity index (χ4n) is 1.15. The minimum absolute atomic E-state index is 0.403. The van der Waals surface area contributed by atoms with Gasteiger partial charge in [-0.25, -0.2) is 0 Å². The largest absolute Gasteiger partial charge is 0.390 e. The Bertz CT molecular complexity index is 136. The lowest BCUT2D eigenvalue weighted by molar-refractivity contribution is -0.118. The van der Waals surface area contributed by atoms with Gasteiger partial charge in [-0.2, -0.15) is 0 Å². The molecule has 0 spiro atoms. The van der Waals surface area contributed by atoms with Gasteiger partial charge in [0.25, 0.3) is 0 Å². The molecule has 0 saturated heterocycles. The topological polar surface area (TPSA) is 37.3 Å². The van der Waals surface area contributed by atoms with Gasteiger partial charge in [-0.1, -0.05) is 20.8 Å². The summed E-state index contributed by atoms with van der Waals surface area (Å²) >= 11 is 0. The predicted molar refractivity (Wildman–Crippen MR) is 45.4 cm³/mol. The van der Waals surface area contributed by atoms with Crippen molar-refractivity contribution in [3.63, 3.8) is 0 Å². The summed E-state index contributed by atoms with van der Waals surface area (Å²) in [5, 5.41) is 9.63. The van der Waals surface area contributed by atoms with Crippen LogP contribution in [0.4, 0.5) is 0 Å². The second-order valence-corrected chi connectivity index (χ2v) is 4.13. The predicted octanol–water partition coefficient (Wildman–Crippen LogP) is 1.76. The van der Waals surface area contributed by atoms with E-state index >= 15 is 0 Å². The van der Waals surface area contributed by atoms with Gasteiger partial charge in [0.05, 0.1) is 5.60 Å². The lowest BCUT2D eigenvalue weighted by Gasteiger charge is -2.28. The molecule has 0 aromatic heterocycles. The van der Waals surface area contributed by atoms with Crippen LogP contribution >= 0.6 is 0 Å². The Morgan fingerprint density at radius 1 is 1.36 bits per heavy atom. The molecule has 1 N–H and O–H groups in total. The standard InChI is InChI=1S/C9H18O2/c1-5-9(4,11)6-8(2,3)7-10/h7,11H,5-6H2,1-4H3. The first-order valence-corrected chi connectivity index (χ1v) is 4.02. The van der Waals surface area contributed by atoms with Gasteiger partial charge in [-0.3, -0.25) is 0 Å². The molecule has 2 heteroatoms. The summed E-state index contributed by atoms with van der Waals surface area (Å²) < 4.78 is 0. The maximum Gasteiger partial charge on any atom is 0.125 e. The van der Waals surface area contributed by atoms with Crippen molar-refractivity contribution in [2.75, 3.05) is 0 Å². The van der Waals surface area contributed by atoms with Crippen LogP contribution in [0.2, 0.25) is 0 Å². The van der Waals surface area contributed by atoms with Crippen LogP contribution in [-0.2, 0) is 4.79 Å². The van der Waals surface area contributed by atoms with Crippen LogP contribution in [0, 0.1) is 5.41 Å². The molecule has 11 heavy (non-hydrogen) atoms. The average Bonchev–Trinajstić information content (AvgIpc) is 1.86. The SMILES string of the molecule is CCC(C)(O)CC(C)(C)C=O. The van der Waals surface area contributed by atoms with Crippen molar-refractivity contribution < 1.29 is 9.90 Å². The van der Waals surface area contributed by atoms with Gasteiger partial charge in [0.15, 0.2) is 0 Å². The highest BCUT2D eigenvalue weighted by molar-refractivity contribution is 5.58. The highest BCUT2D eigenvalue weighted by atomic mass is 16.3. The van der Waals surface area contributed by atoms with E-state index in [9.17, 15) is 9.90 Å². The minimum Gasteiger partial charge on any atom is -0.390 e. The maximum absolute atomic E-state index is 10.5. The third kappa shape index (κ3) is 4.14. The van der Waals surface area contributed by atoms with Gasteiger partial charge in [-0.15, -0.1) is 0 Å². The van der Waals surface area contributed by atoms with E-state index < -0.39 is 11.0 Å². The molecular formula is C9H18O2. The van der Waals surface area contributed by atoms with Crippen molar-refractivity contribution in [3.05, 3.63) is 0 Å². The van der Waals surface area contributed by atoms with Crippen LogP contribution in [0.1, 0.15) is 40.5 Å². The second-order valence-electron chi connectivity index (χ2n) is 4.13. The number of carbonyl (C=O) groups is 1.